The Bertz CT molecular complexity index is 1260. The number of nitrogens with zero attached hydrogens (tertiary/aromatic N) is 2. The third kappa shape index (κ3) is 4.19. The number of para-hydroxylation sites is 1. The molecule has 0 radical (unpaired) electrons. The molecular weight excluding hydrogens is 398 g/mol. The smallest absolute Gasteiger partial charge is 0.339 e. The number of hydrogen-bond donors (Lipinski definition) is 1. The number of amides is 1. The van der Waals surface area contributed by atoms with E-state index in [1.807, 2.05) is 42.5 Å². The van der Waals surface area contributed by atoms with Crippen LogP contribution in [0.2, 0.25) is 0 Å². The molecule has 1 N–H and O–H groups in total. The maximum absolute atomic E-state index is 12.6. The molecule has 0 aliphatic carbocycles. The lowest BCUT2D eigenvalue weighted by molar-refractivity contribution is -0.119. The van der Waals surface area contributed by atoms with Crippen LogP contribution in [-0.4, -0.2) is 23.5 Å². The molecule has 0 saturated heterocycles. The Morgan fingerprint density at radius 3 is 2.67 bits per heavy atom. The normalized spacial score (nSPS) is 10.4. The summed E-state index contributed by atoms with van der Waals surface area (Å²) in [5.74, 6) is -1.10. The van der Waals surface area contributed by atoms with Crippen molar-refractivity contribution in [2.24, 2.45) is 0 Å². The quantitative estimate of drug-likeness (QED) is 0.482. The number of anilines is 1. The molecule has 0 bridgehead atoms. The van der Waals surface area contributed by atoms with Crippen LogP contribution in [0.3, 0.4) is 0 Å². The minimum atomic E-state index is -0.606. The van der Waals surface area contributed by atoms with Gasteiger partial charge < -0.3 is 10.1 Å². The van der Waals surface area contributed by atoms with Gasteiger partial charge in [-0.1, -0.05) is 36.4 Å². The molecule has 0 aliphatic heterocycles. The summed E-state index contributed by atoms with van der Waals surface area (Å²) in [4.78, 5) is 29.4. The number of benzene rings is 3. The molecular formula is C23H15N3O3S. The van der Waals surface area contributed by atoms with Crippen molar-refractivity contribution in [1.29, 1.82) is 5.26 Å². The van der Waals surface area contributed by atoms with Gasteiger partial charge in [-0.25, -0.2) is 9.78 Å². The van der Waals surface area contributed by atoms with Crippen LogP contribution in [0, 0.1) is 11.3 Å². The summed E-state index contributed by atoms with van der Waals surface area (Å²) in [7, 11) is 0. The fourth-order valence-corrected chi connectivity index (χ4v) is 3.91. The van der Waals surface area contributed by atoms with Crippen molar-refractivity contribution in [1.82, 2.24) is 4.98 Å². The van der Waals surface area contributed by atoms with Gasteiger partial charge >= 0.3 is 5.97 Å². The van der Waals surface area contributed by atoms with Gasteiger partial charge in [-0.15, -0.1) is 11.3 Å². The standard InChI is InChI=1S/C23H15N3O3S/c24-13-15-6-5-7-16(12-15)25-21(27)14-29-23(28)18-9-2-1-8-17(18)22-26-19-10-3-4-11-20(19)30-22/h1-12H,14H2,(H,25,27). The summed E-state index contributed by atoms with van der Waals surface area (Å²) in [6, 6.07) is 23.3. The van der Waals surface area contributed by atoms with Crippen molar-refractivity contribution in [3.05, 3.63) is 83.9 Å². The molecule has 4 rings (SSSR count). The van der Waals surface area contributed by atoms with Crippen LogP contribution < -0.4 is 5.32 Å². The van der Waals surface area contributed by atoms with Crippen LogP contribution in [0.1, 0.15) is 15.9 Å². The zero-order valence-electron chi connectivity index (χ0n) is 15.7. The molecule has 0 spiro atoms. The zero-order chi connectivity index (χ0) is 20.9. The molecule has 3 aromatic carbocycles. The van der Waals surface area contributed by atoms with Crippen molar-refractivity contribution in [2.45, 2.75) is 0 Å². The van der Waals surface area contributed by atoms with E-state index in [9.17, 15) is 9.59 Å². The summed E-state index contributed by atoms with van der Waals surface area (Å²) >= 11 is 1.49. The van der Waals surface area contributed by atoms with E-state index in [1.165, 1.54) is 11.3 Å². The Balaban J connectivity index is 1.47. The van der Waals surface area contributed by atoms with Gasteiger partial charge in [0.05, 0.1) is 27.4 Å². The molecule has 1 heterocycles. The number of nitrogens with one attached hydrogen (secondary N) is 1. The Labute approximate surface area is 176 Å². The second kappa shape index (κ2) is 8.55. The van der Waals surface area contributed by atoms with Gasteiger partial charge in [0.1, 0.15) is 5.01 Å². The lowest BCUT2D eigenvalue weighted by Gasteiger charge is -2.09. The number of carbonyl (C=O) groups excluding carboxylic acids is 2. The predicted octanol–water partition coefficient (Wildman–Crippen LogP) is 4.63. The average molecular weight is 413 g/mol. The van der Waals surface area contributed by atoms with Crippen LogP contribution in [-0.2, 0) is 9.53 Å². The number of rotatable bonds is 5. The first-order valence-corrected chi connectivity index (χ1v) is 9.88. The average Bonchev–Trinajstić information content (AvgIpc) is 3.22. The van der Waals surface area contributed by atoms with Crippen LogP contribution in [0.5, 0.6) is 0 Å². The minimum Gasteiger partial charge on any atom is -0.452 e. The highest BCUT2D eigenvalue weighted by atomic mass is 32.1. The van der Waals surface area contributed by atoms with Gasteiger partial charge in [0.2, 0.25) is 0 Å². The number of esters is 1. The first kappa shape index (κ1) is 19.3. The topological polar surface area (TPSA) is 92.1 Å². The van der Waals surface area contributed by atoms with E-state index in [-0.39, 0.29) is 0 Å². The highest BCUT2D eigenvalue weighted by molar-refractivity contribution is 7.21. The maximum atomic E-state index is 12.6. The Morgan fingerprint density at radius 2 is 1.83 bits per heavy atom. The molecule has 0 aliphatic rings. The van der Waals surface area contributed by atoms with Gasteiger partial charge in [-0.3, -0.25) is 4.79 Å². The lowest BCUT2D eigenvalue weighted by Crippen LogP contribution is -2.21. The number of nitriles is 1. The number of aromatic nitrogens is 1. The van der Waals surface area contributed by atoms with E-state index >= 15 is 0 Å². The first-order chi connectivity index (χ1) is 14.6. The van der Waals surface area contributed by atoms with Crippen molar-refractivity contribution in [2.75, 3.05) is 11.9 Å². The van der Waals surface area contributed by atoms with Gasteiger partial charge in [0.25, 0.3) is 5.91 Å². The summed E-state index contributed by atoms with van der Waals surface area (Å²) in [6.07, 6.45) is 0. The van der Waals surface area contributed by atoms with E-state index in [2.05, 4.69) is 10.3 Å². The molecule has 0 unspecified atom stereocenters. The summed E-state index contributed by atoms with van der Waals surface area (Å²) < 4.78 is 6.24. The SMILES string of the molecule is N#Cc1cccc(NC(=O)COC(=O)c2ccccc2-c2nc3ccccc3s2)c1. The number of hydrogen-bond acceptors (Lipinski definition) is 6. The summed E-state index contributed by atoms with van der Waals surface area (Å²) in [5, 5.41) is 12.2. The van der Waals surface area contributed by atoms with Crippen molar-refractivity contribution in [3.63, 3.8) is 0 Å². The minimum absolute atomic E-state index is 0.343. The molecule has 7 heteroatoms. The fourth-order valence-electron chi connectivity index (χ4n) is 2.91. The molecule has 146 valence electrons. The number of thiazole rings is 1. The highest BCUT2D eigenvalue weighted by Gasteiger charge is 2.18. The lowest BCUT2D eigenvalue weighted by atomic mass is 10.1. The van der Waals surface area contributed by atoms with Gasteiger partial charge in [0.15, 0.2) is 6.61 Å². The van der Waals surface area contributed by atoms with Gasteiger partial charge in [0, 0.05) is 11.3 Å². The van der Waals surface area contributed by atoms with Crippen LogP contribution in [0.4, 0.5) is 5.69 Å². The molecule has 0 atom stereocenters. The maximum Gasteiger partial charge on any atom is 0.339 e. The summed E-state index contributed by atoms with van der Waals surface area (Å²) in [5.41, 5.74) is 2.75. The fraction of sp³-hybridized carbons (Fsp3) is 0.0435. The molecule has 0 fully saturated rings. The molecule has 4 aromatic rings. The number of carbonyl (C=O) groups is 2. The van der Waals surface area contributed by atoms with Crippen molar-refractivity contribution < 1.29 is 14.3 Å². The molecule has 1 aromatic heterocycles. The number of fused-ring (bicyclic) bond motifs is 1. The Kier molecular flexibility index (Phi) is 5.50. The van der Waals surface area contributed by atoms with Crippen LogP contribution in [0.15, 0.2) is 72.8 Å². The van der Waals surface area contributed by atoms with Gasteiger partial charge in [-0.2, -0.15) is 5.26 Å². The van der Waals surface area contributed by atoms with E-state index in [0.717, 1.165) is 10.2 Å². The van der Waals surface area contributed by atoms with E-state index < -0.39 is 18.5 Å². The molecule has 1 amide bonds. The number of ether oxygens (including phenoxy) is 1. The largest absolute Gasteiger partial charge is 0.452 e. The second-order valence-corrected chi connectivity index (χ2v) is 7.38. The third-order valence-electron chi connectivity index (χ3n) is 4.28. The Morgan fingerprint density at radius 1 is 1.03 bits per heavy atom. The molecule has 30 heavy (non-hydrogen) atoms. The van der Waals surface area contributed by atoms with E-state index in [0.29, 0.717) is 27.4 Å². The second-order valence-electron chi connectivity index (χ2n) is 6.35. The highest BCUT2D eigenvalue weighted by Crippen LogP contribution is 2.32. The molecule has 6 nitrogen and oxygen atoms in total. The van der Waals surface area contributed by atoms with Crippen molar-refractivity contribution >= 4 is 39.1 Å². The van der Waals surface area contributed by atoms with E-state index in [1.54, 1.807) is 36.4 Å². The summed E-state index contributed by atoms with van der Waals surface area (Å²) in [6.45, 7) is -0.441. The third-order valence-corrected chi connectivity index (χ3v) is 5.35. The van der Waals surface area contributed by atoms with E-state index in [4.69, 9.17) is 10.00 Å². The zero-order valence-corrected chi connectivity index (χ0v) is 16.5. The predicted molar refractivity (Wildman–Crippen MR) is 115 cm³/mol. The van der Waals surface area contributed by atoms with Gasteiger partial charge in [-0.05, 0) is 36.4 Å². The van der Waals surface area contributed by atoms with Crippen LogP contribution >= 0.6 is 11.3 Å². The van der Waals surface area contributed by atoms with Crippen LogP contribution in [0.25, 0.3) is 20.8 Å². The Hall–Kier alpha value is -4.02. The molecule has 0 saturated carbocycles. The monoisotopic (exact) mass is 413 g/mol. The first-order valence-electron chi connectivity index (χ1n) is 9.06. The van der Waals surface area contributed by atoms with Crippen molar-refractivity contribution in [3.8, 4) is 16.6 Å².